The molecule has 5 heteroatoms. The molecule has 2 N–H and O–H groups in total. The summed E-state index contributed by atoms with van der Waals surface area (Å²) < 4.78 is 11.0. The molecule has 2 aliphatic heterocycles. The van der Waals surface area contributed by atoms with E-state index in [1.165, 1.54) is 0 Å². The maximum Gasteiger partial charge on any atom is 0.246 e. The van der Waals surface area contributed by atoms with Gasteiger partial charge >= 0.3 is 0 Å². The molecule has 98 valence electrons. The number of amides is 1. The quantitative estimate of drug-likeness (QED) is 0.715. The first-order valence-corrected chi connectivity index (χ1v) is 6.55. The summed E-state index contributed by atoms with van der Waals surface area (Å²) in [5.74, 6) is -0.0360. The summed E-state index contributed by atoms with van der Waals surface area (Å²) >= 11 is 0. The molecule has 0 spiro atoms. The second-order valence-corrected chi connectivity index (χ2v) is 4.72. The van der Waals surface area contributed by atoms with Gasteiger partial charge in [0.15, 0.2) is 0 Å². The normalized spacial score (nSPS) is 29.2. The van der Waals surface area contributed by atoms with E-state index in [1.807, 2.05) is 0 Å². The third kappa shape index (κ3) is 4.61. The van der Waals surface area contributed by atoms with Crippen molar-refractivity contribution in [2.45, 2.75) is 37.9 Å². The van der Waals surface area contributed by atoms with Gasteiger partial charge < -0.3 is 20.1 Å². The largest absolute Gasteiger partial charge is 0.376 e. The van der Waals surface area contributed by atoms with Crippen LogP contribution in [0.25, 0.3) is 0 Å². The molecule has 0 unspecified atom stereocenters. The highest BCUT2D eigenvalue weighted by atomic mass is 16.5. The number of nitrogens with one attached hydrogen (secondary N) is 2. The van der Waals surface area contributed by atoms with Crippen LogP contribution in [0.2, 0.25) is 0 Å². The van der Waals surface area contributed by atoms with E-state index in [9.17, 15) is 4.79 Å². The lowest BCUT2D eigenvalue weighted by atomic mass is 10.1. The minimum absolute atomic E-state index is 0.0360. The van der Waals surface area contributed by atoms with Crippen molar-refractivity contribution in [3.8, 4) is 0 Å². The first-order valence-electron chi connectivity index (χ1n) is 6.55. The lowest BCUT2D eigenvalue weighted by Crippen LogP contribution is -2.39. The van der Waals surface area contributed by atoms with E-state index in [2.05, 4.69) is 10.6 Å². The lowest BCUT2D eigenvalue weighted by Gasteiger charge is -2.22. The van der Waals surface area contributed by atoms with Crippen molar-refractivity contribution in [2.75, 3.05) is 32.8 Å². The van der Waals surface area contributed by atoms with Crippen LogP contribution in [-0.2, 0) is 14.3 Å². The van der Waals surface area contributed by atoms with E-state index in [0.29, 0.717) is 6.54 Å². The topological polar surface area (TPSA) is 59.6 Å². The van der Waals surface area contributed by atoms with Gasteiger partial charge in [-0.2, -0.15) is 0 Å². The SMILES string of the molecule is O=C(CO[C@H]1CCCNC1)NC[C@H]1CCCO1. The van der Waals surface area contributed by atoms with Crippen molar-refractivity contribution in [3.05, 3.63) is 0 Å². The van der Waals surface area contributed by atoms with E-state index in [-0.39, 0.29) is 24.7 Å². The van der Waals surface area contributed by atoms with Gasteiger partial charge in [0.2, 0.25) is 5.91 Å². The van der Waals surface area contributed by atoms with Gasteiger partial charge in [-0.1, -0.05) is 0 Å². The number of ether oxygens (including phenoxy) is 2. The molecule has 2 saturated heterocycles. The van der Waals surface area contributed by atoms with Crippen molar-refractivity contribution < 1.29 is 14.3 Å². The molecule has 0 aromatic rings. The number of piperidine rings is 1. The Morgan fingerprint density at radius 2 is 2.35 bits per heavy atom. The number of rotatable bonds is 5. The maximum atomic E-state index is 11.5. The molecule has 2 rings (SSSR count). The van der Waals surface area contributed by atoms with Gasteiger partial charge in [0.25, 0.3) is 0 Å². The Bertz CT molecular complexity index is 236. The molecule has 0 saturated carbocycles. The Morgan fingerprint density at radius 3 is 3.06 bits per heavy atom. The average molecular weight is 242 g/mol. The van der Waals surface area contributed by atoms with E-state index < -0.39 is 0 Å². The Labute approximate surface area is 102 Å². The van der Waals surface area contributed by atoms with Crippen LogP contribution in [0.15, 0.2) is 0 Å². The van der Waals surface area contributed by atoms with Crippen molar-refractivity contribution in [1.82, 2.24) is 10.6 Å². The second-order valence-electron chi connectivity index (χ2n) is 4.72. The summed E-state index contributed by atoms with van der Waals surface area (Å²) in [6.07, 6.45) is 4.72. The van der Waals surface area contributed by atoms with E-state index in [4.69, 9.17) is 9.47 Å². The first kappa shape index (κ1) is 12.8. The molecule has 0 bridgehead atoms. The highest BCUT2D eigenvalue weighted by Gasteiger charge is 2.17. The van der Waals surface area contributed by atoms with Crippen molar-refractivity contribution >= 4 is 5.91 Å². The van der Waals surface area contributed by atoms with Gasteiger partial charge in [-0.05, 0) is 32.2 Å². The number of carbonyl (C=O) groups is 1. The zero-order chi connectivity index (χ0) is 11.9. The van der Waals surface area contributed by atoms with E-state index in [0.717, 1.165) is 45.4 Å². The molecule has 2 atom stereocenters. The maximum absolute atomic E-state index is 11.5. The predicted molar refractivity (Wildman–Crippen MR) is 63.8 cm³/mol. The standard InChI is InChI=1S/C12H22N2O3/c15-12(14-8-11-4-2-6-16-11)9-17-10-3-1-5-13-7-10/h10-11,13H,1-9H2,(H,14,15)/t10-,11+/m0/s1. The first-order chi connectivity index (χ1) is 8.34. The van der Waals surface area contributed by atoms with Crippen LogP contribution in [0.5, 0.6) is 0 Å². The molecule has 0 radical (unpaired) electrons. The molecule has 0 aliphatic carbocycles. The fourth-order valence-electron chi connectivity index (χ4n) is 2.24. The van der Waals surface area contributed by atoms with E-state index >= 15 is 0 Å². The molecule has 2 aliphatic rings. The van der Waals surface area contributed by atoms with Crippen molar-refractivity contribution in [3.63, 3.8) is 0 Å². The minimum Gasteiger partial charge on any atom is -0.376 e. The summed E-state index contributed by atoms with van der Waals surface area (Å²) in [5, 5.41) is 6.11. The van der Waals surface area contributed by atoms with E-state index in [1.54, 1.807) is 0 Å². The summed E-state index contributed by atoms with van der Waals surface area (Å²) in [4.78, 5) is 11.5. The van der Waals surface area contributed by atoms with Crippen LogP contribution < -0.4 is 10.6 Å². The highest BCUT2D eigenvalue weighted by molar-refractivity contribution is 5.77. The molecular formula is C12H22N2O3. The van der Waals surface area contributed by atoms with Crippen molar-refractivity contribution in [2.24, 2.45) is 0 Å². The Hall–Kier alpha value is -0.650. The fourth-order valence-corrected chi connectivity index (χ4v) is 2.24. The molecule has 5 nitrogen and oxygen atoms in total. The molecular weight excluding hydrogens is 220 g/mol. The molecule has 0 aromatic carbocycles. The van der Waals surface area contributed by atoms with Crippen LogP contribution in [0.1, 0.15) is 25.7 Å². The van der Waals surface area contributed by atoms with Crippen molar-refractivity contribution in [1.29, 1.82) is 0 Å². The molecule has 0 aromatic heterocycles. The van der Waals surface area contributed by atoms with Gasteiger partial charge in [-0.25, -0.2) is 0 Å². The van der Waals surface area contributed by atoms with Gasteiger partial charge in [0.05, 0.1) is 12.2 Å². The van der Waals surface area contributed by atoms with Crippen LogP contribution in [0.4, 0.5) is 0 Å². The summed E-state index contributed by atoms with van der Waals surface area (Å²) in [6.45, 7) is 3.53. The zero-order valence-electron chi connectivity index (χ0n) is 10.2. The summed E-state index contributed by atoms with van der Waals surface area (Å²) in [7, 11) is 0. The van der Waals surface area contributed by atoms with Crippen LogP contribution in [0.3, 0.4) is 0 Å². The molecule has 2 heterocycles. The van der Waals surface area contributed by atoms with Crippen LogP contribution in [0, 0.1) is 0 Å². The summed E-state index contributed by atoms with van der Waals surface area (Å²) in [6, 6.07) is 0. The Morgan fingerprint density at radius 1 is 1.41 bits per heavy atom. The van der Waals surface area contributed by atoms with Gasteiger partial charge in [0, 0.05) is 19.7 Å². The summed E-state index contributed by atoms with van der Waals surface area (Å²) in [5.41, 5.74) is 0. The van der Waals surface area contributed by atoms with Crippen LogP contribution >= 0.6 is 0 Å². The third-order valence-corrected chi connectivity index (χ3v) is 3.25. The third-order valence-electron chi connectivity index (χ3n) is 3.25. The molecule has 17 heavy (non-hydrogen) atoms. The monoisotopic (exact) mass is 242 g/mol. The zero-order valence-corrected chi connectivity index (χ0v) is 10.2. The minimum atomic E-state index is -0.0360. The Balaban J connectivity index is 1.53. The number of hydrogen-bond acceptors (Lipinski definition) is 4. The predicted octanol–water partition coefficient (Wildman–Crippen LogP) is 0.0502. The van der Waals surface area contributed by atoms with Crippen LogP contribution in [-0.4, -0.2) is 51.0 Å². The lowest BCUT2D eigenvalue weighted by molar-refractivity contribution is -0.128. The van der Waals surface area contributed by atoms with Gasteiger partial charge in [0.1, 0.15) is 6.61 Å². The highest BCUT2D eigenvalue weighted by Crippen LogP contribution is 2.10. The second kappa shape index (κ2) is 6.93. The Kier molecular flexibility index (Phi) is 5.22. The number of carbonyl (C=O) groups excluding carboxylic acids is 1. The van der Waals surface area contributed by atoms with Gasteiger partial charge in [-0.15, -0.1) is 0 Å². The van der Waals surface area contributed by atoms with Gasteiger partial charge in [-0.3, -0.25) is 4.79 Å². The number of hydrogen-bond donors (Lipinski definition) is 2. The average Bonchev–Trinajstić information content (AvgIpc) is 2.88. The molecule has 2 fully saturated rings. The molecule has 1 amide bonds. The fraction of sp³-hybridized carbons (Fsp3) is 0.917. The smallest absolute Gasteiger partial charge is 0.246 e.